The Morgan fingerprint density at radius 3 is 1.81 bits per heavy atom. The van der Waals surface area contributed by atoms with Crippen molar-refractivity contribution < 1.29 is 9.47 Å². The van der Waals surface area contributed by atoms with Crippen LogP contribution in [0.2, 0.25) is 0 Å². The zero-order valence-corrected chi connectivity index (χ0v) is 19.5. The van der Waals surface area contributed by atoms with Crippen molar-refractivity contribution in [1.82, 2.24) is 0 Å². The minimum Gasteiger partial charge on any atom is -0.494 e. The van der Waals surface area contributed by atoms with Crippen LogP contribution < -0.4 is 9.47 Å². The highest BCUT2D eigenvalue weighted by atomic mass is 32.2. The molecule has 3 aromatic rings. The van der Waals surface area contributed by atoms with Crippen molar-refractivity contribution in [2.75, 3.05) is 19.0 Å². The lowest BCUT2D eigenvalue weighted by molar-refractivity contribution is 0.340. The van der Waals surface area contributed by atoms with E-state index in [-0.39, 0.29) is 0 Å². The van der Waals surface area contributed by atoms with E-state index in [4.69, 9.17) is 14.5 Å². The van der Waals surface area contributed by atoms with Gasteiger partial charge in [0.05, 0.1) is 23.9 Å². The van der Waals surface area contributed by atoms with Gasteiger partial charge in [-0.25, -0.2) is 4.99 Å². The summed E-state index contributed by atoms with van der Waals surface area (Å²) in [6.07, 6.45) is 4.04. The second kappa shape index (κ2) is 12.6. The zero-order valence-electron chi connectivity index (χ0n) is 18.7. The average molecular weight is 444 g/mol. The van der Waals surface area contributed by atoms with E-state index in [9.17, 15) is 0 Å². The van der Waals surface area contributed by atoms with Crippen LogP contribution in [0.5, 0.6) is 11.5 Å². The van der Waals surface area contributed by atoms with Crippen LogP contribution in [0.4, 0.5) is 5.69 Å². The number of hydrogen-bond donors (Lipinski definition) is 0. The molecule has 4 heteroatoms. The highest BCUT2D eigenvalue weighted by Crippen LogP contribution is 2.29. The van der Waals surface area contributed by atoms with Gasteiger partial charge in [-0.15, -0.1) is 18.3 Å². The fourth-order valence-corrected chi connectivity index (χ4v) is 3.79. The van der Waals surface area contributed by atoms with Crippen molar-refractivity contribution in [1.29, 1.82) is 0 Å². The summed E-state index contributed by atoms with van der Waals surface area (Å²) in [6.45, 7) is 9.13. The Balaban J connectivity index is 2.06. The summed E-state index contributed by atoms with van der Waals surface area (Å²) in [6, 6.07) is 26.4. The van der Waals surface area contributed by atoms with Gasteiger partial charge in [-0.05, 0) is 73.0 Å². The number of benzene rings is 3. The van der Waals surface area contributed by atoms with Gasteiger partial charge in [-0.2, -0.15) is 0 Å². The van der Waals surface area contributed by atoms with E-state index in [1.54, 1.807) is 11.8 Å². The number of para-hydroxylation sites is 1. The second-order valence-electron chi connectivity index (χ2n) is 6.86. The van der Waals surface area contributed by atoms with Crippen molar-refractivity contribution in [3.63, 3.8) is 0 Å². The average Bonchev–Trinajstić information content (AvgIpc) is 2.83. The number of hydrogen-bond acceptors (Lipinski definition) is 4. The molecule has 0 spiro atoms. The molecule has 0 N–H and O–H groups in total. The van der Waals surface area contributed by atoms with Gasteiger partial charge < -0.3 is 9.47 Å². The first-order chi connectivity index (χ1) is 15.7. The molecule has 0 aliphatic carbocycles. The molecule has 0 heterocycles. The van der Waals surface area contributed by atoms with Crippen molar-refractivity contribution in [2.45, 2.75) is 13.8 Å². The second-order valence-corrected chi connectivity index (χ2v) is 7.90. The van der Waals surface area contributed by atoms with Crippen LogP contribution in [0.15, 0.2) is 103 Å². The van der Waals surface area contributed by atoms with Crippen LogP contribution in [0, 0.1) is 0 Å². The minimum absolute atomic E-state index is 0.646. The third kappa shape index (κ3) is 6.89. The van der Waals surface area contributed by atoms with Gasteiger partial charge in [0.2, 0.25) is 0 Å². The van der Waals surface area contributed by atoms with E-state index in [0.717, 1.165) is 44.7 Å². The SMILES string of the molecule is C=CCSC(C=C(c1ccc(OCC)cc1)c1ccc(OCC)cc1)=Nc1ccccc1. The molecule has 0 unspecified atom stereocenters. The Kier molecular flexibility index (Phi) is 9.20. The number of rotatable bonds is 10. The summed E-state index contributed by atoms with van der Waals surface area (Å²) in [7, 11) is 0. The molecular formula is C28H29NO2S. The number of thioether (sulfide) groups is 1. The van der Waals surface area contributed by atoms with E-state index < -0.39 is 0 Å². The van der Waals surface area contributed by atoms with Gasteiger partial charge >= 0.3 is 0 Å². The predicted octanol–water partition coefficient (Wildman–Crippen LogP) is 7.57. The molecule has 0 aromatic heterocycles. The van der Waals surface area contributed by atoms with Crippen LogP contribution in [0.1, 0.15) is 25.0 Å². The van der Waals surface area contributed by atoms with Gasteiger partial charge in [0.25, 0.3) is 0 Å². The summed E-state index contributed by atoms with van der Waals surface area (Å²) in [5.41, 5.74) is 4.20. The molecule has 164 valence electrons. The first kappa shape index (κ1) is 23.4. The fraction of sp³-hybridized carbons (Fsp3) is 0.179. The van der Waals surface area contributed by atoms with Crippen LogP contribution in [-0.4, -0.2) is 24.0 Å². The van der Waals surface area contributed by atoms with Gasteiger partial charge in [0.1, 0.15) is 11.5 Å². The van der Waals surface area contributed by atoms with Gasteiger partial charge in [-0.1, -0.05) is 48.5 Å². The number of aliphatic imine (C=N–C) groups is 1. The summed E-state index contributed by atoms with van der Waals surface area (Å²) in [4.78, 5) is 4.89. The van der Waals surface area contributed by atoms with Crippen LogP contribution in [0.3, 0.4) is 0 Å². The lowest BCUT2D eigenvalue weighted by Crippen LogP contribution is -1.97. The largest absolute Gasteiger partial charge is 0.494 e. The maximum atomic E-state index is 5.63. The normalized spacial score (nSPS) is 11.0. The Morgan fingerprint density at radius 1 is 0.812 bits per heavy atom. The third-order valence-electron chi connectivity index (χ3n) is 4.57. The van der Waals surface area contributed by atoms with Crippen molar-refractivity contribution in [3.05, 3.63) is 109 Å². The molecule has 0 radical (unpaired) electrons. The molecule has 0 bridgehead atoms. The molecule has 0 atom stereocenters. The molecule has 32 heavy (non-hydrogen) atoms. The summed E-state index contributed by atoms with van der Waals surface area (Å²) < 4.78 is 11.3. The summed E-state index contributed by atoms with van der Waals surface area (Å²) >= 11 is 1.66. The zero-order chi connectivity index (χ0) is 22.6. The van der Waals surface area contributed by atoms with Gasteiger partial charge in [0.15, 0.2) is 0 Å². The molecule has 0 aliphatic rings. The lowest BCUT2D eigenvalue weighted by Gasteiger charge is -2.12. The Bertz CT molecular complexity index is 988. The minimum atomic E-state index is 0.646. The molecule has 3 rings (SSSR count). The Labute approximate surface area is 195 Å². The highest BCUT2D eigenvalue weighted by molar-refractivity contribution is 8.14. The maximum Gasteiger partial charge on any atom is 0.119 e. The monoisotopic (exact) mass is 443 g/mol. The van der Waals surface area contributed by atoms with Gasteiger partial charge in [-0.3, -0.25) is 0 Å². The summed E-state index contributed by atoms with van der Waals surface area (Å²) in [5.74, 6) is 2.50. The van der Waals surface area contributed by atoms with E-state index in [1.807, 2.05) is 74.5 Å². The number of nitrogens with zero attached hydrogens (tertiary/aromatic N) is 1. The first-order valence-electron chi connectivity index (χ1n) is 10.8. The molecular weight excluding hydrogens is 414 g/mol. The van der Waals surface area contributed by atoms with Crippen LogP contribution in [0.25, 0.3) is 5.57 Å². The first-order valence-corrected chi connectivity index (χ1v) is 11.8. The predicted molar refractivity (Wildman–Crippen MR) is 138 cm³/mol. The maximum absolute atomic E-state index is 5.63. The van der Waals surface area contributed by atoms with Crippen LogP contribution >= 0.6 is 11.8 Å². The molecule has 0 amide bonds. The van der Waals surface area contributed by atoms with Crippen LogP contribution in [-0.2, 0) is 0 Å². The molecule has 0 saturated carbocycles. The van der Waals surface area contributed by atoms with Gasteiger partial charge in [0, 0.05) is 5.75 Å². The lowest BCUT2D eigenvalue weighted by atomic mass is 9.97. The quantitative estimate of drug-likeness (QED) is 0.184. The Hall–Kier alpha value is -3.24. The molecule has 3 nitrogen and oxygen atoms in total. The van der Waals surface area contributed by atoms with E-state index >= 15 is 0 Å². The smallest absolute Gasteiger partial charge is 0.119 e. The van der Waals surface area contributed by atoms with E-state index in [0.29, 0.717) is 13.2 Å². The summed E-state index contributed by atoms with van der Waals surface area (Å²) in [5, 5.41) is 0.925. The topological polar surface area (TPSA) is 30.8 Å². The highest BCUT2D eigenvalue weighted by Gasteiger charge is 2.09. The molecule has 3 aromatic carbocycles. The molecule has 0 saturated heterocycles. The number of ether oxygens (including phenoxy) is 2. The van der Waals surface area contributed by atoms with E-state index in [2.05, 4.69) is 36.9 Å². The van der Waals surface area contributed by atoms with E-state index in [1.165, 1.54) is 0 Å². The molecule has 0 fully saturated rings. The third-order valence-corrected chi connectivity index (χ3v) is 5.47. The Morgan fingerprint density at radius 2 is 1.34 bits per heavy atom. The fourth-order valence-electron chi connectivity index (χ4n) is 3.13. The standard InChI is InChI=1S/C28H29NO2S/c1-4-20-32-28(29-24-10-8-7-9-11-24)21-27(22-12-16-25(17-13-22)30-5-2)23-14-18-26(19-15-23)31-6-3/h4,7-19,21H,1,5-6,20H2,2-3H3. The van der Waals surface area contributed by atoms with Crippen molar-refractivity contribution >= 4 is 28.1 Å². The molecule has 0 aliphatic heterocycles. The van der Waals surface area contributed by atoms with Crippen molar-refractivity contribution in [3.8, 4) is 11.5 Å². The van der Waals surface area contributed by atoms with Crippen molar-refractivity contribution in [2.24, 2.45) is 4.99 Å².